The molecule has 7 nitrogen and oxygen atoms in total. The van der Waals surface area contributed by atoms with E-state index in [1.807, 2.05) is 133 Å². The first-order valence-electron chi connectivity index (χ1n) is 11.2. The molecule has 0 heterocycles. The molecule has 0 aliphatic carbocycles. The Morgan fingerprint density at radius 1 is 0.472 bits per heavy atom. The summed E-state index contributed by atoms with van der Waals surface area (Å²) in [4.78, 5) is 14.3. The van der Waals surface area contributed by atoms with Crippen LogP contribution in [0.15, 0.2) is 121 Å². The third-order valence-corrected chi connectivity index (χ3v) is 6.60. The van der Waals surface area contributed by atoms with Crippen molar-refractivity contribution in [3.63, 3.8) is 0 Å². The summed E-state index contributed by atoms with van der Waals surface area (Å²) in [5.74, 6) is 7.52. The van der Waals surface area contributed by atoms with E-state index in [1.165, 1.54) is 0 Å². The summed E-state index contributed by atoms with van der Waals surface area (Å²) in [5, 5.41) is 0. The Morgan fingerprint density at radius 2 is 0.639 bits per heavy atom. The predicted molar refractivity (Wildman–Crippen MR) is 145 cm³/mol. The number of hydrogen-bond acceptors (Lipinski definition) is 5. The Morgan fingerprint density at radius 3 is 0.806 bits per heavy atom. The van der Waals surface area contributed by atoms with E-state index in [1.54, 1.807) is 0 Å². The van der Waals surface area contributed by atoms with E-state index in [4.69, 9.17) is 29.5 Å². The molecule has 0 aliphatic heterocycles. The van der Waals surface area contributed by atoms with Crippen molar-refractivity contribution in [2.24, 2.45) is 0 Å². The molecule has 0 radical (unpaired) electrons. The van der Waals surface area contributed by atoms with E-state index in [0.717, 1.165) is 23.0 Å². The van der Waals surface area contributed by atoms with Crippen LogP contribution in [0.1, 0.15) is 0 Å². The summed E-state index contributed by atoms with van der Waals surface area (Å²) in [7, 11) is -3.13. The third kappa shape index (κ3) is 14.0. The summed E-state index contributed by atoms with van der Waals surface area (Å²) in [5.41, 5.74) is 0. The molecule has 0 saturated heterocycles. The van der Waals surface area contributed by atoms with Gasteiger partial charge in [0, 0.05) is 0 Å². The molecule has 0 spiro atoms. The number of para-hydroxylation sites is 4. The molecule has 0 saturated carbocycles. The molecule has 0 fully saturated rings. The van der Waals surface area contributed by atoms with Crippen LogP contribution in [-0.4, -0.2) is 39.4 Å². The minimum atomic E-state index is -3.13. The van der Waals surface area contributed by atoms with Gasteiger partial charge in [-0.15, -0.1) is 0 Å². The molecule has 0 unspecified atom stereocenters. The molecule has 4 aromatic rings. The van der Waals surface area contributed by atoms with Gasteiger partial charge in [0.25, 0.3) is 0 Å². The molecular weight excluding hydrogens is 509 g/mol. The Labute approximate surface area is 222 Å². The van der Waals surface area contributed by atoms with Crippen LogP contribution in [0, 0.1) is 0 Å². The Kier molecular flexibility index (Phi) is 14.5. The first-order valence-corrected chi connectivity index (χ1v) is 16.7. The normalized spacial score (nSPS) is 9.47. The van der Waals surface area contributed by atoms with E-state index in [-0.39, 0.29) is 0 Å². The second-order valence-electron chi connectivity index (χ2n) is 7.14. The molecule has 0 bridgehead atoms. The smallest absolute Gasteiger partial charge is 0.612 e. The summed E-state index contributed by atoms with van der Waals surface area (Å²) >= 11 is -3.31. The Bertz CT molecular complexity index is 936. The maximum absolute atomic E-state index is 8.74. The highest BCUT2D eigenvalue weighted by molar-refractivity contribution is 7.30. The van der Waals surface area contributed by atoms with E-state index >= 15 is 0 Å². The molecule has 4 rings (SSSR count). The third-order valence-electron chi connectivity index (χ3n) is 4.18. The summed E-state index contributed by atoms with van der Waals surface area (Å²) in [6.07, 6.45) is 0. The molecule has 186 valence electrons. The van der Waals surface area contributed by atoms with Gasteiger partial charge < -0.3 is 24.9 Å². The molecule has 36 heavy (non-hydrogen) atoms. The van der Waals surface area contributed by atoms with Crippen LogP contribution in [0.25, 0.3) is 0 Å². The first kappa shape index (κ1) is 29.5. The van der Waals surface area contributed by atoms with Crippen molar-refractivity contribution >= 4 is 37.9 Å². The molecule has 0 amide bonds. The van der Waals surface area contributed by atoms with Crippen molar-refractivity contribution in [2.45, 2.75) is 11.6 Å². The molecule has 10 heteroatoms. The molecule has 0 aliphatic rings. The van der Waals surface area contributed by atoms with Gasteiger partial charge in [-0.05, 0) is 60.1 Å². The molecular formula is C26H29Al2O7P. The van der Waals surface area contributed by atoms with Gasteiger partial charge in [-0.2, -0.15) is 0 Å². The van der Waals surface area contributed by atoms with Gasteiger partial charge in [-0.3, -0.25) is 4.57 Å². The minimum absolute atomic E-state index is 0.873. The lowest BCUT2D eigenvalue weighted by Crippen LogP contribution is -2.25. The van der Waals surface area contributed by atoms with Gasteiger partial charge in [0.15, 0.2) is 0 Å². The molecule has 2 N–H and O–H groups in total. The van der Waals surface area contributed by atoms with E-state index < -0.39 is 37.9 Å². The first-order chi connectivity index (χ1) is 17.4. The van der Waals surface area contributed by atoms with Crippen LogP contribution in [0.5, 0.6) is 23.0 Å². The van der Waals surface area contributed by atoms with Crippen LogP contribution in [0.4, 0.5) is 0 Å². The van der Waals surface area contributed by atoms with Gasteiger partial charge >= 0.3 is 37.9 Å². The predicted octanol–water partition coefficient (Wildman–Crippen LogP) is 5.89. The second-order valence-corrected chi connectivity index (χ2v) is 10.9. The van der Waals surface area contributed by atoms with E-state index in [0.29, 0.717) is 0 Å². The van der Waals surface area contributed by atoms with Gasteiger partial charge in [-0.25, -0.2) is 0 Å². The maximum Gasteiger partial charge on any atom is 0.853 e. The van der Waals surface area contributed by atoms with Crippen molar-refractivity contribution < 1.29 is 29.5 Å². The second kappa shape index (κ2) is 17.7. The fourth-order valence-corrected chi connectivity index (χ4v) is 5.07. The number of rotatable bonds is 8. The van der Waals surface area contributed by atoms with Gasteiger partial charge in [0.05, 0.1) is 23.0 Å². The number of hydrogen-bond donors (Lipinski definition) is 2. The fourth-order valence-electron chi connectivity index (χ4n) is 2.81. The van der Waals surface area contributed by atoms with Gasteiger partial charge in [0.1, 0.15) is 0 Å². The van der Waals surface area contributed by atoms with Crippen LogP contribution < -0.4 is 15.2 Å². The van der Waals surface area contributed by atoms with Crippen molar-refractivity contribution in [3.05, 3.63) is 121 Å². The summed E-state index contributed by atoms with van der Waals surface area (Å²) in [6, 6.07) is 39.1. The molecule has 0 aromatic heterocycles. The van der Waals surface area contributed by atoms with Crippen molar-refractivity contribution in [1.82, 2.24) is 0 Å². The Hall–Kier alpha value is -2.71. The zero-order chi connectivity index (χ0) is 26.0. The SMILES string of the molecule is O=[PH](O)O.[CH3][Al]([O]c1ccccc1)[O]c1ccccc1.[CH3][Al]([O]c1ccccc1)[O]c1ccccc1. The Balaban J connectivity index is 0.000000221. The van der Waals surface area contributed by atoms with Crippen molar-refractivity contribution in [3.8, 4) is 23.0 Å². The maximum atomic E-state index is 8.74. The van der Waals surface area contributed by atoms with E-state index in [9.17, 15) is 0 Å². The fraction of sp³-hybridized carbons (Fsp3) is 0.0769. The van der Waals surface area contributed by atoms with Crippen molar-refractivity contribution in [2.75, 3.05) is 0 Å². The zero-order valence-electron chi connectivity index (χ0n) is 20.1. The highest BCUT2D eigenvalue weighted by atomic mass is 31.1. The van der Waals surface area contributed by atoms with Crippen LogP contribution >= 0.6 is 8.25 Å². The monoisotopic (exact) mass is 538 g/mol. The standard InChI is InChI=1S/4C6H6O.2CH3.2Al.H3O3P/c4*7-6-4-2-1-3-5-6;;;;;1-4(2)3/h4*1-5,7H;2*1H3;;;4H,(H2,1,2,3)/q;;;;;;2*+2;/p-4. The average molecular weight is 538 g/mol. The lowest BCUT2D eigenvalue weighted by atomic mass is 10.3. The highest BCUT2D eigenvalue weighted by Crippen LogP contribution is 2.15. The highest BCUT2D eigenvalue weighted by Gasteiger charge is 2.24. The number of benzene rings is 4. The van der Waals surface area contributed by atoms with Crippen molar-refractivity contribution in [1.29, 1.82) is 0 Å². The quantitative estimate of drug-likeness (QED) is 0.214. The van der Waals surface area contributed by atoms with Gasteiger partial charge in [-0.1, -0.05) is 72.8 Å². The average Bonchev–Trinajstić information content (AvgIpc) is 2.86. The topological polar surface area (TPSA) is 94.5 Å². The van der Waals surface area contributed by atoms with Crippen LogP contribution in [0.3, 0.4) is 0 Å². The minimum Gasteiger partial charge on any atom is -0.612 e. The zero-order valence-corrected chi connectivity index (χ0v) is 23.4. The molecule has 4 aromatic carbocycles. The largest absolute Gasteiger partial charge is 0.853 e. The van der Waals surface area contributed by atoms with Gasteiger partial charge in [0.2, 0.25) is 0 Å². The van der Waals surface area contributed by atoms with E-state index in [2.05, 4.69) is 0 Å². The van der Waals surface area contributed by atoms with Crippen LogP contribution in [0.2, 0.25) is 11.6 Å². The summed E-state index contributed by atoms with van der Waals surface area (Å²) < 4.78 is 31.7. The van der Waals surface area contributed by atoms with Crippen LogP contribution in [-0.2, 0) is 4.57 Å². The molecule has 0 atom stereocenters. The lowest BCUT2D eigenvalue weighted by molar-refractivity contribution is 0.405. The summed E-state index contributed by atoms with van der Waals surface area (Å²) in [6.45, 7) is 0. The lowest BCUT2D eigenvalue weighted by Gasteiger charge is -2.13.